The highest BCUT2D eigenvalue weighted by Gasteiger charge is 2.35. The lowest BCUT2D eigenvalue weighted by atomic mass is 10.0. The van der Waals surface area contributed by atoms with Gasteiger partial charge >= 0.3 is 5.97 Å². The number of carbonyl (C=O) groups is 2. The van der Waals surface area contributed by atoms with Gasteiger partial charge in [-0.25, -0.2) is 9.78 Å². The molecule has 1 unspecified atom stereocenters. The summed E-state index contributed by atoms with van der Waals surface area (Å²) >= 11 is 1.48. The van der Waals surface area contributed by atoms with Crippen molar-refractivity contribution in [1.29, 1.82) is 0 Å². The van der Waals surface area contributed by atoms with Gasteiger partial charge in [-0.3, -0.25) is 4.79 Å². The zero-order valence-corrected chi connectivity index (χ0v) is 13.0. The number of nitrogens with zero attached hydrogens (tertiary/aromatic N) is 1. The van der Waals surface area contributed by atoms with Gasteiger partial charge < -0.3 is 19.6 Å². The van der Waals surface area contributed by atoms with E-state index in [9.17, 15) is 14.7 Å². The molecule has 1 amide bonds. The summed E-state index contributed by atoms with van der Waals surface area (Å²) in [5.74, 6) is -1.19. The van der Waals surface area contributed by atoms with E-state index in [1.807, 2.05) is 17.5 Å². The van der Waals surface area contributed by atoms with Crippen LogP contribution >= 0.6 is 11.3 Å². The number of amides is 1. The fraction of sp³-hybridized carbons (Fsp3) is 0.357. The molecule has 0 aromatic carbocycles. The lowest BCUT2D eigenvalue weighted by Gasteiger charge is -2.25. The number of oxazole rings is 1. The van der Waals surface area contributed by atoms with Gasteiger partial charge in [0.05, 0.1) is 23.6 Å². The van der Waals surface area contributed by atoms with Crippen LogP contribution in [0.2, 0.25) is 0 Å². The van der Waals surface area contributed by atoms with Crippen LogP contribution < -0.4 is 5.32 Å². The van der Waals surface area contributed by atoms with Crippen LogP contribution in [0.4, 0.5) is 0 Å². The quantitative estimate of drug-likeness (QED) is 0.801. The Labute approximate surface area is 130 Å². The zero-order valence-electron chi connectivity index (χ0n) is 12.2. The Morgan fingerprint density at radius 3 is 2.91 bits per heavy atom. The number of ether oxygens (including phenoxy) is 1. The van der Waals surface area contributed by atoms with E-state index in [1.54, 1.807) is 0 Å². The first kappa shape index (κ1) is 16.2. The Balaban J connectivity index is 2.01. The molecule has 2 rings (SSSR count). The van der Waals surface area contributed by atoms with Gasteiger partial charge in [-0.15, -0.1) is 11.3 Å². The summed E-state index contributed by atoms with van der Waals surface area (Å²) in [6.07, 6.45) is 1.32. The molecule has 8 heteroatoms. The minimum atomic E-state index is -1.48. The molecule has 0 bridgehead atoms. The Morgan fingerprint density at radius 1 is 1.55 bits per heavy atom. The van der Waals surface area contributed by atoms with Crippen molar-refractivity contribution in [3.8, 4) is 10.8 Å². The molecule has 0 aliphatic heterocycles. The zero-order chi connectivity index (χ0) is 16.2. The summed E-state index contributed by atoms with van der Waals surface area (Å²) in [4.78, 5) is 28.3. The van der Waals surface area contributed by atoms with Crippen LogP contribution in [0.3, 0.4) is 0 Å². The molecule has 2 N–H and O–H groups in total. The molecule has 0 aliphatic rings. The maximum atomic E-state index is 12.0. The molecule has 22 heavy (non-hydrogen) atoms. The van der Waals surface area contributed by atoms with Crippen molar-refractivity contribution in [2.45, 2.75) is 18.9 Å². The van der Waals surface area contributed by atoms with E-state index < -0.39 is 17.4 Å². The first-order valence-corrected chi connectivity index (χ1v) is 7.34. The molecule has 7 nitrogen and oxygen atoms in total. The number of aromatic nitrogens is 1. The molecule has 2 aromatic rings. The lowest BCUT2D eigenvalue weighted by Crippen LogP contribution is -2.55. The molecule has 2 heterocycles. The first-order chi connectivity index (χ1) is 10.4. The van der Waals surface area contributed by atoms with Gasteiger partial charge in [0.15, 0.2) is 5.54 Å². The number of aliphatic carboxylic acids is 1. The van der Waals surface area contributed by atoms with Crippen molar-refractivity contribution in [3.63, 3.8) is 0 Å². The average Bonchev–Trinajstić information content (AvgIpc) is 3.08. The Hall–Kier alpha value is -2.19. The number of methoxy groups -OCH3 is 1. The van der Waals surface area contributed by atoms with Crippen LogP contribution in [0.25, 0.3) is 10.8 Å². The van der Waals surface area contributed by atoms with Crippen LogP contribution in [0.15, 0.2) is 28.2 Å². The fourth-order valence-electron chi connectivity index (χ4n) is 1.86. The molecule has 0 aliphatic carbocycles. The smallest absolute Gasteiger partial charge is 0.331 e. The third kappa shape index (κ3) is 3.71. The summed E-state index contributed by atoms with van der Waals surface area (Å²) in [7, 11) is 1.37. The van der Waals surface area contributed by atoms with Crippen LogP contribution in [0.5, 0.6) is 0 Å². The van der Waals surface area contributed by atoms with Gasteiger partial charge in [-0.05, 0) is 18.4 Å². The number of carboxylic acids is 1. The molecule has 2 aromatic heterocycles. The normalized spacial score (nSPS) is 13.5. The minimum absolute atomic E-state index is 0.0680. The van der Waals surface area contributed by atoms with E-state index in [2.05, 4.69) is 10.3 Å². The van der Waals surface area contributed by atoms with Crippen LogP contribution in [0.1, 0.15) is 12.6 Å². The number of thiophene rings is 1. The van der Waals surface area contributed by atoms with E-state index in [1.165, 1.54) is 31.6 Å². The fourth-order valence-corrected chi connectivity index (χ4v) is 2.51. The molecule has 118 valence electrons. The Kier molecular flexibility index (Phi) is 4.94. The van der Waals surface area contributed by atoms with Crippen molar-refractivity contribution in [2.24, 2.45) is 0 Å². The highest BCUT2D eigenvalue weighted by molar-refractivity contribution is 7.13. The maximum absolute atomic E-state index is 12.0. The average molecular weight is 324 g/mol. The number of nitrogens with one attached hydrogen (secondary N) is 1. The topological polar surface area (TPSA) is 102 Å². The van der Waals surface area contributed by atoms with Crippen molar-refractivity contribution in [1.82, 2.24) is 10.3 Å². The molecule has 0 spiro atoms. The third-order valence-electron chi connectivity index (χ3n) is 2.95. The second-order valence-corrected chi connectivity index (χ2v) is 5.86. The summed E-state index contributed by atoms with van der Waals surface area (Å²) < 4.78 is 10.2. The predicted octanol–water partition coefficient (Wildman–Crippen LogP) is 1.55. The summed E-state index contributed by atoms with van der Waals surface area (Å²) in [5, 5.41) is 13.5. The van der Waals surface area contributed by atoms with E-state index >= 15 is 0 Å². The predicted molar refractivity (Wildman–Crippen MR) is 79.6 cm³/mol. The van der Waals surface area contributed by atoms with Crippen LogP contribution in [-0.2, 0) is 20.7 Å². The van der Waals surface area contributed by atoms with Gasteiger partial charge in [0.25, 0.3) is 0 Å². The number of hydrogen-bond donors (Lipinski definition) is 2. The molecule has 0 radical (unpaired) electrons. The number of hydrogen-bond acceptors (Lipinski definition) is 6. The Bertz CT molecular complexity index is 652. The van der Waals surface area contributed by atoms with Gasteiger partial charge in [-0.2, -0.15) is 0 Å². The van der Waals surface area contributed by atoms with E-state index in [0.717, 1.165) is 4.88 Å². The standard InChI is InChI=1S/C14H16N2O5S/c1-14(8-20-2,13(18)19)16-11(17)6-9-7-21-12(15-9)10-4-3-5-22-10/h3-5,7H,6,8H2,1-2H3,(H,16,17)(H,18,19). The van der Waals surface area contributed by atoms with Gasteiger partial charge in [-0.1, -0.05) is 6.07 Å². The highest BCUT2D eigenvalue weighted by Crippen LogP contribution is 2.23. The first-order valence-electron chi connectivity index (χ1n) is 6.46. The Morgan fingerprint density at radius 2 is 2.32 bits per heavy atom. The number of carbonyl (C=O) groups excluding carboxylic acids is 1. The summed E-state index contributed by atoms with van der Waals surface area (Å²) in [6, 6.07) is 3.74. The molecule has 1 atom stereocenters. The molecular weight excluding hydrogens is 308 g/mol. The molecule has 0 saturated carbocycles. The second-order valence-electron chi connectivity index (χ2n) is 4.92. The van der Waals surface area contributed by atoms with Crippen molar-refractivity contribution >= 4 is 23.2 Å². The van der Waals surface area contributed by atoms with Gasteiger partial charge in [0, 0.05) is 7.11 Å². The highest BCUT2D eigenvalue weighted by atomic mass is 32.1. The van der Waals surface area contributed by atoms with Crippen LogP contribution in [-0.4, -0.2) is 41.2 Å². The molecule has 0 saturated heterocycles. The number of rotatable bonds is 7. The largest absolute Gasteiger partial charge is 0.479 e. The number of carboxylic acid groups (broad SMARTS) is 1. The maximum Gasteiger partial charge on any atom is 0.331 e. The van der Waals surface area contributed by atoms with Gasteiger partial charge in [0.1, 0.15) is 6.26 Å². The van der Waals surface area contributed by atoms with E-state index in [-0.39, 0.29) is 13.0 Å². The van der Waals surface area contributed by atoms with Crippen LogP contribution in [0, 0.1) is 0 Å². The SMILES string of the molecule is COCC(C)(NC(=O)Cc1coc(-c2cccs2)n1)C(=O)O. The monoisotopic (exact) mass is 324 g/mol. The molecular formula is C14H16N2O5S. The lowest BCUT2D eigenvalue weighted by molar-refractivity contribution is -0.149. The van der Waals surface area contributed by atoms with Crippen molar-refractivity contribution in [3.05, 3.63) is 29.5 Å². The summed E-state index contributed by atoms with van der Waals surface area (Å²) in [6.45, 7) is 1.25. The third-order valence-corrected chi connectivity index (χ3v) is 3.80. The van der Waals surface area contributed by atoms with E-state index in [4.69, 9.17) is 9.15 Å². The van der Waals surface area contributed by atoms with Crippen molar-refractivity contribution < 1.29 is 23.8 Å². The summed E-state index contributed by atoms with van der Waals surface area (Å²) in [5.41, 5.74) is -1.04. The van der Waals surface area contributed by atoms with Gasteiger partial charge in [0.2, 0.25) is 11.8 Å². The van der Waals surface area contributed by atoms with Crippen molar-refractivity contribution in [2.75, 3.05) is 13.7 Å². The minimum Gasteiger partial charge on any atom is -0.479 e. The van der Waals surface area contributed by atoms with E-state index in [0.29, 0.717) is 11.6 Å². The molecule has 0 fully saturated rings. The second kappa shape index (κ2) is 6.71.